The highest BCUT2D eigenvalue weighted by Gasteiger charge is 2.06. The molecule has 2 aromatic rings. The predicted molar refractivity (Wildman–Crippen MR) is 115 cm³/mol. The van der Waals surface area contributed by atoms with E-state index in [2.05, 4.69) is 29.8 Å². The predicted octanol–water partition coefficient (Wildman–Crippen LogP) is 3.15. The number of hydrogen-bond acceptors (Lipinski definition) is 5. The van der Waals surface area contributed by atoms with Crippen LogP contribution in [-0.4, -0.2) is 45.2 Å². The van der Waals surface area contributed by atoms with Gasteiger partial charge in [0.05, 0.1) is 19.8 Å². The van der Waals surface area contributed by atoms with E-state index in [9.17, 15) is 9.59 Å². The van der Waals surface area contributed by atoms with E-state index in [1.165, 1.54) is 0 Å². The number of nitrogens with one attached hydrogen (secondary N) is 3. The highest BCUT2D eigenvalue weighted by atomic mass is 16.5. The number of amides is 2. The zero-order chi connectivity index (χ0) is 21.1. The van der Waals surface area contributed by atoms with Crippen molar-refractivity contribution in [1.29, 1.82) is 0 Å². The first-order valence-corrected chi connectivity index (χ1v) is 9.61. The van der Waals surface area contributed by atoms with Crippen LogP contribution in [0.2, 0.25) is 0 Å². The Kier molecular flexibility index (Phi) is 8.98. The van der Waals surface area contributed by atoms with Crippen LogP contribution in [0.4, 0.5) is 11.4 Å². The summed E-state index contributed by atoms with van der Waals surface area (Å²) in [4.78, 5) is 24.1. The number of methoxy groups -OCH3 is 1. The fourth-order valence-electron chi connectivity index (χ4n) is 2.39. The number of carbonyl (C=O) groups excluding carboxylic acids is 2. The van der Waals surface area contributed by atoms with Crippen molar-refractivity contribution < 1.29 is 19.1 Å². The second-order valence-corrected chi connectivity index (χ2v) is 6.96. The lowest BCUT2D eigenvalue weighted by molar-refractivity contribution is -0.114. The third kappa shape index (κ3) is 8.23. The topological polar surface area (TPSA) is 88.7 Å². The van der Waals surface area contributed by atoms with Gasteiger partial charge in [-0.1, -0.05) is 13.8 Å². The summed E-state index contributed by atoms with van der Waals surface area (Å²) in [6.45, 7) is 5.88. The first-order valence-electron chi connectivity index (χ1n) is 9.61. The molecule has 0 unspecified atom stereocenters. The molecule has 0 radical (unpaired) electrons. The molecule has 0 spiro atoms. The van der Waals surface area contributed by atoms with Gasteiger partial charge in [0.2, 0.25) is 5.91 Å². The quantitative estimate of drug-likeness (QED) is 0.505. The van der Waals surface area contributed by atoms with Gasteiger partial charge in [-0.2, -0.15) is 0 Å². The second-order valence-electron chi connectivity index (χ2n) is 6.96. The highest BCUT2D eigenvalue weighted by Crippen LogP contribution is 2.16. The molecule has 0 aliphatic heterocycles. The number of hydrogen-bond donors (Lipinski definition) is 3. The number of benzene rings is 2. The molecule has 2 amide bonds. The molecule has 3 N–H and O–H groups in total. The van der Waals surface area contributed by atoms with Gasteiger partial charge < -0.3 is 25.4 Å². The van der Waals surface area contributed by atoms with Gasteiger partial charge in [-0.15, -0.1) is 0 Å². The summed E-state index contributed by atoms with van der Waals surface area (Å²) < 4.78 is 10.5. The Hall–Kier alpha value is -3.06. The SMILES string of the molecule is COCCNC(=O)c1ccc(NCC(=O)Nc2ccc(OCC(C)C)cc2)cc1. The molecule has 0 atom stereocenters. The van der Waals surface area contributed by atoms with Crippen LogP contribution in [0.1, 0.15) is 24.2 Å². The van der Waals surface area contributed by atoms with Crippen LogP contribution in [-0.2, 0) is 9.53 Å². The molecule has 29 heavy (non-hydrogen) atoms. The highest BCUT2D eigenvalue weighted by molar-refractivity contribution is 5.95. The summed E-state index contributed by atoms with van der Waals surface area (Å²) in [5.41, 5.74) is 2.01. The summed E-state index contributed by atoms with van der Waals surface area (Å²) >= 11 is 0. The summed E-state index contributed by atoms with van der Waals surface area (Å²) in [5.74, 6) is 0.912. The van der Waals surface area contributed by atoms with E-state index in [4.69, 9.17) is 9.47 Å². The third-order valence-electron chi connectivity index (χ3n) is 3.91. The minimum atomic E-state index is -0.165. The van der Waals surface area contributed by atoms with E-state index < -0.39 is 0 Å². The number of rotatable bonds is 11. The van der Waals surface area contributed by atoms with Crippen LogP contribution in [0.15, 0.2) is 48.5 Å². The van der Waals surface area contributed by atoms with Crippen molar-refractivity contribution in [3.05, 3.63) is 54.1 Å². The largest absolute Gasteiger partial charge is 0.493 e. The van der Waals surface area contributed by atoms with E-state index in [1.54, 1.807) is 31.4 Å². The average molecular weight is 399 g/mol. The Morgan fingerprint density at radius 1 is 0.966 bits per heavy atom. The lowest BCUT2D eigenvalue weighted by Crippen LogP contribution is -2.26. The third-order valence-corrected chi connectivity index (χ3v) is 3.91. The van der Waals surface area contributed by atoms with E-state index in [1.807, 2.05) is 24.3 Å². The number of ether oxygens (including phenoxy) is 2. The van der Waals surface area contributed by atoms with Gasteiger partial charge >= 0.3 is 0 Å². The molecule has 0 fully saturated rings. The van der Waals surface area contributed by atoms with Crippen molar-refractivity contribution in [2.45, 2.75) is 13.8 Å². The standard InChI is InChI=1S/C22H29N3O4/c1-16(2)15-29-20-10-8-19(9-11-20)25-21(26)14-24-18-6-4-17(5-7-18)22(27)23-12-13-28-3/h4-11,16,24H,12-15H2,1-3H3,(H,23,27)(H,25,26). The smallest absolute Gasteiger partial charge is 0.251 e. The lowest BCUT2D eigenvalue weighted by atomic mass is 10.2. The molecule has 0 saturated heterocycles. The molecule has 2 rings (SSSR count). The molecule has 0 heterocycles. The molecule has 0 aromatic heterocycles. The van der Waals surface area contributed by atoms with Crippen molar-refractivity contribution in [2.24, 2.45) is 5.92 Å². The molecule has 156 valence electrons. The van der Waals surface area contributed by atoms with Gasteiger partial charge in [0.25, 0.3) is 5.91 Å². The van der Waals surface area contributed by atoms with E-state index >= 15 is 0 Å². The summed E-state index contributed by atoms with van der Waals surface area (Å²) in [6, 6.07) is 14.2. The first kappa shape index (κ1) is 22.2. The van der Waals surface area contributed by atoms with Gasteiger partial charge in [-0.3, -0.25) is 9.59 Å². The first-order chi connectivity index (χ1) is 14.0. The zero-order valence-corrected chi connectivity index (χ0v) is 17.2. The molecule has 0 aliphatic carbocycles. The molecule has 2 aromatic carbocycles. The summed E-state index contributed by atoms with van der Waals surface area (Å²) in [6.07, 6.45) is 0. The summed E-state index contributed by atoms with van der Waals surface area (Å²) in [5, 5.41) is 8.63. The molecule has 0 aliphatic rings. The van der Waals surface area contributed by atoms with Crippen molar-refractivity contribution in [1.82, 2.24) is 5.32 Å². The van der Waals surface area contributed by atoms with Crippen LogP contribution < -0.4 is 20.7 Å². The Morgan fingerprint density at radius 3 is 2.24 bits per heavy atom. The molecular weight excluding hydrogens is 370 g/mol. The number of carbonyl (C=O) groups is 2. The molecule has 7 heteroatoms. The van der Waals surface area contributed by atoms with Crippen molar-refractivity contribution in [2.75, 3.05) is 44.0 Å². The van der Waals surface area contributed by atoms with Crippen molar-refractivity contribution in [3.8, 4) is 5.75 Å². The minimum absolute atomic E-state index is 0.116. The molecular formula is C22H29N3O4. The second kappa shape index (κ2) is 11.7. The van der Waals surface area contributed by atoms with Crippen LogP contribution in [0.25, 0.3) is 0 Å². The van der Waals surface area contributed by atoms with Crippen LogP contribution in [0, 0.1) is 5.92 Å². The molecule has 0 bridgehead atoms. The normalized spacial score (nSPS) is 10.5. The van der Waals surface area contributed by atoms with Crippen molar-refractivity contribution >= 4 is 23.2 Å². The maximum Gasteiger partial charge on any atom is 0.251 e. The van der Waals surface area contributed by atoms with Gasteiger partial charge in [0, 0.05) is 30.6 Å². The van der Waals surface area contributed by atoms with Gasteiger partial charge in [-0.05, 0) is 54.4 Å². The maximum atomic E-state index is 12.1. The van der Waals surface area contributed by atoms with Crippen LogP contribution in [0.5, 0.6) is 5.75 Å². The fourth-order valence-corrected chi connectivity index (χ4v) is 2.39. The van der Waals surface area contributed by atoms with E-state index in [0.717, 1.165) is 11.4 Å². The maximum absolute atomic E-state index is 12.1. The lowest BCUT2D eigenvalue weighted by Gasteiger charge is -2.11. The number of anilines is 2. The van der Waals surface area contributed by atoms with Gasteiger partial charge in [-0.25, -0.2) is 0 Å². The minimum Gasteiger partial charge on any atom is -0.493 e. The average Bonchev–Trinajstić information content (AvgIpc) is 2.72. The monoisotopic (exact) mass is 399 g/mol. The molecule has 0 saturated carbocycles. The Bertz CT molecular complexity index is 774. The Morgan fingerprint density at radius 2 is 1.62 bits per heavy atom. The van der Waals surface area contributed by atoms with Gasteiger partial charge in [0.15, 0.2) is 0 Å². The van der Waals surface area contributed by atoms with Crippen molar-refractivity contribution in [3.63, 3.8) is 0 Å². The fraction of sp³-hybridized carbons (Fsp3) is 0.364. The van der Waals surface area contributed by atoms with Crippen LogP contribution >= 0.6 is 0 Å². The molecule has 7 nitrogen and oxygen atoms in total. The summed E-state index contributed by atoms with van der Waals surface area (Å²) in [7, 11) is 1.58. The Balaban J connectivity index is 1.76. The Labute approximate surface area is 171 Å². The van der Waals surface area contributed by atoms with E-state index in [-0.39, 0.29) is 18.4 Å². The zero-order valence-electron chi connectivity index (χ0n) is 17.2. The van der Waals surface area contributed by atoms with Gasteiger partial charge in [0.1, 0.15) is 5.75 Å². The van der Waals surface area contributed by atoms with E-state index in [0.29, 0.717) is 36.9 Å². The van der Waals surface area contributed by atoms with Crippen LogP contribution in [0.3, 0.4) is 0 Å².